The summed E-state index contributed by atoms with van der Waals surface area (Å²) in [5.41, 5.74) is 0.665. The summed E-state index contributed by atoms with van der Waals surface area (Å²) in [4.78, 5) is 7.91. The van der Waals surface area contributed by atoms with Crippen LogP contribution in [-0.4, -0.2) is 44.0 Å². The predicted molar refractivity (Wildman–Crippen MR) is 87.9 cm³/mol. The van der Waals surface area contributed by atoms with E-state index in [-0.39, 0.29) is 11.8 Å². The number of rotatable bonds is 6. The van der Waals surface area contributed by atoms with Gasteiger partial charge >= 0.3 is 0 Å². The summed E-state index contributed by atoms with van der Waals surface area (Å²) in [7, 11) is 5.63. The van der Waals surface area contributed by atoms with Gasteiger partial charge in [-0.3, -0.25) is 4.99 Å². The summed E-state index contributed by atoms with van der Waals surface area (Å²) in [6.45, 7) is 0.643. The second kappa shape index (κ2) is 7.24. The first-order chi connectivity index (χ1) is 10.1. The molecule has 0 amide bonds. The molecule has 112 valence electrons. The van der Waals surface area contributed by atoms with E-state index in [1.165, 1.54) is 12.0 Å². The third kappa shape index (κ3) is 3.83. The maximum atomic E-state index is 10.0. The number of aromatic hydroxyl groups is 1. The molecule has 0 radical (unpaired) electrons. The van der Waals surface area contributed by atoms with E-state index in [9.17, 15) is 5.11 Å². The standard InChI is InChI=1S/C16H20N2O2S/c1-18(2)13(15-8-5-9-21-15)11-17-10-12-6-4-7-14(20-3)16(12)19/h4-10,13,19H,11H2,1-3H3/t13-/m0/s1. The van der Waals surface area contributed by atoms with Crippen LogP contribution in [0.4, 0.5) is 0 Å². The van der Waals surface area contributed by atoms with Crippen LogP contribution < -0.4 is 4.74 Å². The molecule has 0 bridgehead atoms. The van der Waals surface area contributed by atoms with Crippen LogP contribution in [0, 0.1) is 0 Å². The fourth-order valence-corrected chi connectivity index (χ4v) is 2.96. The molecule has 1 aromatic heterocycles. The molecule has 1 heterocycles. The Morgan fingerprint density at radius 3 is 2.76 bits per heavy atom. The number of phenolic OH excluding ortho intramolecular Hbond substituents is 1. The van der Waals surface area contributed by atoms with Gasteiger partial charge < -0.3 is 14.7 Å². The minimum Gasteiger partial charge on any atom is -0.504 e. The number of para-hydroxylation sites is 1. The lowest BCUT2D eigenvalue weighted by Gasteiger charge is -2.21. The van der Waals surface area contributed by atoms with Crippen LogP contribution >= 0.6 is 11.3 Å². The second-order valence-corrected chi connectivity index (χ2v) is 5.87. The molecule has 1 atom stereocenters. The molecular formula is C16H20N2O2S. The van der Waals surface area contributed by atoms with Gasteiger partial charge in [0.15, 0.2) is 11.5 Å². The van der Waals surface area contributed by atoms with Crippen molar-refractivity contribution < 1.29 is 9.84 Å². The van der Waals surface area contributed by atoms with E-state index < -0.39 is 0 Å². The topological polar surface area (TPSA) is 45.1 Å². The minimum absolute atomic E-state index is 0.126. The van der Waals surface area contributed by atoms with Gasteiger partial charge in [-0.05, 0) is 37.7 Å². The SMILES string of the molecule is COc1cccc(C=NC[C@@H](c2cccs2)N(C)C)c1O. The molecule has 0 aliphatic carbocycles. The molecule has 0 fully saturated rings. The molecule has 0 unspecified atom stereocenters. The highest BCUT2D eigenvalue weighted by Gasteiger charge is 2.14. The van der Waals surface area contributed by atoms with Gasteiger partial charge in [-0.2, -0.15) is 0 Å². The number of nitrogens with zero attached hydrogens (tertiary/aromatic N) is 2. The molecule has 1 N–H and O–H groups in total. The Labute approximate surface area is 129 Å². The summed E-state index contributed by atoms with van der Waals surface area (Å²) >= 11 is 1.73. The van der Waals surface area contributed by atoms with Crippen molar-refractivity contribution in [1.29, 1.82) is 0 Å². The number of benzene rings is 1. The smallest absolute Gasteiger partial charge is 0.166 e. The highest BCUT2D eigenvalue weighted by molar-refractivity contribution is 7.10. The van der Waals surface area contributed by atoms with Crippen molar-refractivity contribution >= 4 is 17.6 Å². The molecule has 0 spiro atoms. The Morgan fingerprint density at radius 2 is 2.14 bits per heavy atom. The maximum Gasteiger partial charge on any atom is 0.166 e. The zero-order chi connectivity index (χ0) is 15.2. The molecule has 2 rings (SSSR count). The van der Waals surface area contributed by atoms with Crippen LogP contribution in [-0.2, 0) is 0 Å². The molecule has 4 nitrogen and oxygen atoms in total. The summed E-state index contributed by atoms with van der Waals surface area (Å²) in [6.07, 6.45) is 1.70. The number of likely N-dealkylation sites (N-methyl/N-ethyl adjacent to an activating group) is 1. The Morgan fingerprint density at radius 1 is 1.33 bits per heavy atom. The van der Waals surface area contributed by atoms with E-state index >= 15 is 0 Å². The normalized spacial score (nSPS) is 13.0. The van der Waals surface area contributed by atoms with E-state index in [0.717, 1.165) is 0 Å². The van der Waals surface area contributed by atoms with E-state index in [4.69, 9.17) is 4.74 Å². The van der Waals surface area contributed by atoms with Crippen molar-refractivity contribution in [3.63, 3.8) is 0 Å². The van der Waals surface area contributed by atoms with E-state index in [0.29, 0.717) is 17.9 Å². The lowest BCUT2D eigenvalue weighted by molar-refractivity contribution is 0.311. The van der Waals surface area contributed by atoms with E-state index in [1.807, 2.05) is 32.3 Å². The number of thiophene rings is 1. The first kappa shape index (κ1) is 15.5. The van der Waals surface area contributed by atoms with Gasteiger partial charge in [0, 0.05) is 16.7 Å². The second-order valence-electron chi connectivity index (χ2n) is 4.89. The number of methoxy groups -OCH3 is 1. The monoisotopic (exact) mass is 304 g/mol. The van der Waals surface area contributed by atoms with Crippen molar-refractivity contribution in [2.24, 2.45) is 4.99 Å². The largest absolute Gasteiger partial charge is 0.504 e. The van der Waals surface area contributed by atoms with Gasteiger partial charge in [0.25, 0.3) is 0 Å². The molecule has 0 saturated heterocycles. The molecule has 0 saturated carbocycles. The van der Waals surface area contributed by atoms with Crippen molar-refractivity contribution in [2.75, 3.05) is 27.7 Å². The van der Waals surface area contributed by atoms with Gasteiger partial charge in [-0.1, -0.05) is 12.1 Å². The summed E-state index contributed by atoms with van der Waals surface area (Å²) in [5, 5.41) is 12.1. The first-order valence-corrected chi connectivity index (χ1v) is 7.57. The predicted octanol–water partition coefficient (Wildman–Crippen LogP) is 3.18. The van der Waals surface area contributed by atoms with Crippen LogP contribution in [0.5, 0.6) is 11.5 Å². The molecule has 21 heavy (non-hydrogen) atoms. The van der Waals surface area contributed by atoms with Crippen molar-refractivity contribution in [3.05, 3.63) is 46.2 Å². The van der Waals surface area contributed by atoms with Crippen molar-refractivity contribution in [2.45, 2.75) is 6.04 Å². The fraction of sp³-hybridized carbons (Fsp3) is 0.312. The Balaban J connectivity index is 2.11. The van der Waals surface area contributed by atoms with E-state index in [2.05, 4.69) is 21.3 Å². The third-order valence-electron chi connectivity index (χ3n) is 3.25. The molecular weight excluding hydrogens is 284 g/mol. The molecule has 1 aromatic carbocycles. The van der Waals surface area contributed by atoms with Gasteiger partial charge in [0.2, 0.25) is 0 Å². The Hall–Kier alpha value is -1.85. The van der Waals surface area contributed by atoms with Crippen LogP contribution in [0.1, 0.15) is 16.5 Å². The van der Waals surface area contributed by atoms with Gasteiger partial charge in [0.05, 0.1) is 19.7 Å². The molecule has 0 aliphatic heterocycles. The highest BCUT2D eigenvalue weighted by Crippen LogP contribution is 2.28. The summed E-state index contributed by atoms with van der Waals surface area (Å²) < 4.78 is 5.09. The molecule has 5 heteroatoms. The lowest BCUT2D eigenvalue weighted by Crippen LogP contribution is -2.21. The van der Waals surface area contributed by atoms with Crippen LogP contribution in [0.15, 0.2) is 40.7 Å². The van der Waals surface area contributed by atoms with E-state index in [1.54, 1.807) is 23.6 Å². The number of ether oxygens (including phenoxy) is 1. The van der Waals surface area contributed by atoms with Gasteiger partial charge in [-0.25, -0.2) is 0 Å². The average Bonchev–Trinajstić information content (AvgIpc) is 2.98. The van der Waals surface area contributed by atoms with Crippen LogP contribution in [0.25, 0.3) is 0 Å². The number of hydrogen-bond donors (Lipinski definition) is 1. The van der Waals surface area contributed by atoms with Gasteiger partial charge in [-0.15, -0.1) is 11.3 Å². The number of aliphatic imine (C=N–C) groups is 1. The zero-order valence-electron chi connectivity index (χ0n) is 12.5. The first-order valence-electron chi connectivity index (χ1n) is 6.69. The van der Waals surface area contributed by atoms with Crippen molar-refractivity contribution in [3.8, 4) is 11.5 Å². The average molecular weight is 304 g/mol. The quantitative estimate of drug-likeness (QED) is 0.834. The molecule has 0 aliphatic rings. The lowest BCUT2D eigenvalue weighted by atomic mass is 10.2. The van der Waals surface area contributed by atoms with Crippen molar-refractivity contribution in [1.82, 2.24) is 4.90 Å². The minimum atomic E-state index is 0.126. The third-order valence-corrected chi connectivity index (χ3v) is 4.23. The summed E-state index contributed by atoms with van der Waals surface area (Å²) in [5.74, 6) is 0.586. The van der Waals surface area contributed by atoms with Crippen LogP contribution in [0.3, 0.4) is 0 Å². The Bertz CT molecular complexity index is 594. The van der Waals surface area contributed by atoms with Gasteiger partial charge in [0.1, 0.15) is 0 Å². The highest BCUT2D eigenvalue weighted by atomic mass is 32.1. The number of hydrogen-bond acceptors (Lipinski definition) is 5. The maximum absolute atomic E-state index is 10.0. The van der Waals surface area contributed by atoms with Crippen LogP contribution in [0.2, 0.25) is 0 Å². The Kier molecular flexibility index (Phi) is 5.36. The molecule has 2 aromatic rings. The summed E-state index contributed by atoms with van der Waals surface area (Å²) in [6, 6.07) is 9.79. The fourth-order valence-electron chi connectivity index (χ4n) is 2.05. The number of phenols is 1. The zero-order valence-corrected chi connectivity index (χ0v) is 13.3.